The number of pyridine rings is 1. The lowest BCUT2D eigenvalue weighted by Crippen LogP contribution is -2.03. The van der Waals surface area contributed by atoms with E-state index in [1.54, 1.807) is 19.2 Å². The van der Waals surface area contributed by atoms with E-state index >= 15 is 0 Å². The molecule has 0 spiro atoms. The Hall–Kier alpha value is -1.95. The van der Waals surface area contributed by atoms with E-state index in [2.05, 4.69) is 26.2 Å². The average molecular weight is 352 g/mol. The number of anilines is 3. The van der Waals surface area contributed by atoms with Crippen molar-refractivity contribution in [3.63, 3.8) is 0 Å². The van der Waals surface area contributed by atoms with Crippen molar-refractivity contribution in [2.45, 2.75) is 13.3 Å². The van der Waals surface area contributed by atoms with Crippen molar-refractivity contribution in [2.24, 2.45) is 0 Å². The zero-order valence-corrected chi connectivity index (χ0v) is 13.6. The lowest BCUT2D eigenvalue weighted by molar-refractivity contribution is 0.307. The molecule has 0 aliphatic rings. The zero-order chi connectivity index (χ0) is 15.2. The number of hydrogen-bond donors (Lipinski definition) is 2. The van der Waals surface area contributed by atoms with Crippen LogP contribution in [0.2, 0.25) is 0 Å². The Kier molecular flexibility index (Phi) is 5.27. The summed E-state index contributed by atoms with van der Waals surface area (Å²) in [6, 6.07) is 9.27. The number of methoxy groups -OCH3 is 1. The van der Waals surface area contributed by atoms with Gasteiger partial charge in [0.25, 0.3) is 0 Å². The predicted molar refractivity (Wildman–Crippen MR) is 88.4 cm³/mol. The molecule has 1 aromatic carbocycles. The molecule has 0 bridgehead atoms. The van der Waals surface area contributed by atoms with Gasteiger partial charge in [-0.3, -0.25) is 0 Å². The lowest BCUT2D eigenvalue weighted by atomic mass is 10.3. The Bertz CT molecular complexity index is 620. The molecule has 0 fully saturated rings. The van der Waals surface area contributed by atoms with Crippen LogP contribution in [0, 0.1) is 0 Å². The number of ether oxygens (including phenoxy) is 2. The van der Waals surface area contributed by atoms with E-state index in [1.807, 2.05) is 25.1 Å². The molecule has 0 radical (unpaired) electrons. The number of nitrogens with one attached hydrogen (secondary N) is 1. The summed E-state index contributed by atoms with van der Waals surface area (Å²) in [6.45, 7) is 2.62. The summed E-state index contributed by atoms with van der Waals surface area (Å²) in [5.41, 5.74) is 7.19. The molecule has 0 unspecified atom stereocenters. The van der Waals surface area contributed by atoms with Gasteiger partial charge in [-0.15, -0.1) is 0 Å². The SMILES string of the molecule is CCCOc1nc(Nc2cc(Br)ccc2OC)ccc1N. The molecule has 0 aliphatic heterocycles. The van der Waals surface area contributed by atoms with Crippen LogP contribution in [0.5, 0.6) is 11.6 Å². The minimum Gasteiger partial charge on any atom is -0.495 e. The van der Waals surface area contributed by atoms with Crippen LogP contribution in [0.15, 0.2) is 34.8 Å². The minimum absolute atomic E-state index is 0.441. The van der Waals surface area contributed by atoms with Crippen LogP contribution in [-0.4, -0.2) is 18.7 Å². The topological polar surface area (TPSA) is 69.4 Å². The third-order valence-corrected chi connectivity index (χ3v) is 3.25. The van der Waals surface area contributed by atoms with Crippen LogP contribution < -0.4 is 20.5 Å². The Balaban J connectivity index is 2.25. The Morgan fingerprint density at radius 1 is 1.29 bits per heavy atom. The number of benzene rings is 1. The largest absolute Gasteiger partial charge is 0.495 e. The van der Waals surface area contributed by atoms with Crippen molar-refractivity contribution in [1.29, 1.82) is 0 Å². The third kappa shape index (κ3) is 4.01. The lowest BCUT2D eigenvalue weighted by Gasteiger charge is -2.13. The molecule has 1 aromatic heterocycles. The van der Waals surface area contributed by atoms with Crippen LogP contribution >= 0.6 is 15.9 Å². The van der Waals surface area contributed by atoms with E-state index in [-0.39, 0.29) is 0 Å². The number of nitrogen functional groups attached to an aromatic ring is 1. The quantitative estimate of drug-likeness (QED) is 0.823. The van der Waals surface area contributed by atoms with Gasteiger partial charge in [-0.2, -0.15) is 4.98 Å². The van der Waals surface area contributed by atoms with Crippen LogP contribution in [0.25, 0.3) is 0 Å². The number of halogens is 1. The summed E-state index contributed by atoms with van der Waals surface area (Å²) >= 11 is 3.44. The Labute approximate surface area is 132 Å². The molecule has 0 amide bonds. The van der Waals surface area contributed by atoms with Gasteiger partial charge in [0.1, 0.15) is 11.6 Å². The molecule has 6 heteroatoms. The maximum absolute atomic E-state index is 5.86. The number of aromatic nitrogens is 1. The molecule has 2 rings (SSSR count). The maximum atomic E-state index is 5.86. The summed E-state index contributed by atoms with van der Waals surface area (Å²) in [7, 11) is 1.63. The second-order valence-corrected chi connectivity index (χ2v) is 5.32. The van der Waals surface area contributed by atoms with Crippen LogP contribution in [-0.2, 0) is 0 Å². The van der Waals surface area contributed by atoms with Crippen LogP contribution in [0.3, 0.4) is 0 Å². The second-order valence-electron chi connectivity index (χ2n) is 4.41. The highest BCUT2D eigenvalue weighted by Gasteiger charge is 2.08. The van der Waals surface area contributed by atoms with E-state index < -0.39 is 0 Å². The highest BCUT2D eigenvalue weighted by molar-refractivity contribution is 9.10. The highest BCUT2D eigenvalue weighted by Crippen LogP contribution is 2.31. The zero-order valence-electron chi connectivity index (χ0n) is 12.0. The molecule has 0 atom stereocenters. The third-order valence-electron chi connectivity index (χ3n) is 2.76. The van der Waals surface area contributed by atoms with Gasteiger partial charge < -0.3 is 20.5 Å². The van der Waals surface area contributed by atoms with Crippen LogP contribution in [0.1, 0.15) is 13.3 Å². The van der Waals surface area contributed by atoms with Gasteiger partial charge in [0, 0.05) is 4.47 Å². The number of nitrogens with zero attached hydrogens (tertiary/aromatic N) is 1. The minimum atomic E-state index is 0.441. The summed E-state index contributed by atoms with van der Waals surface area (Å²) in [5.74, 6) is 1.82. The molecular weight excluding hydrogens is 334 g/mol. The molecular formula is C15H18BrN3O2. The maximum Gasteiger partial charge on any atom is 0.239 e. The van der Waals surface area contributed by atoms with E-state index in [4.69, 9.17) is 15.2 Å². The van der Waals surface area contributed by atoms with E-state index in [9.17, 15) is 0 Å². The molecule has 2 aromatic rings. The Morgan fingerprint density at radius 2 is 2.10 bits per heavy atom. The predicted octanol–water partition coefficient (Wildman–Crippen LogP) is 3.97. The first-order valence-electron chi connectivity index (χ1n) is 6.64. The summed E-state index contributed by atoms with van der Waals surface area (Å²) < 4.78 is 11.8. The fourth-order valence-corrected chi connectivity index (χ4v) is 2.11. The van der Waals surface area contributed by atoms with Gasteiger partial charge in [-0.1, -0.05) is 22.9 Å². The van der Waals surface area contributed by atoms with Gasteiger partial charge in [0.15, 0.2) is 0 Å². The molecule has 112 valence electrons. The van der Waals surface area contributed by atoms with Gasteiger partial charge in [0.05, 0.1) is 25.1 Å². The molecule has 0 saturated heterocycles. The monoisotopic (exact) mass is 351 g/mol. The van der Waals surface area contributed by atoms with E-state index in [0.717, 1.165) is 22.3 Å². The van der Waals surface area contributed by atoms with Crippen molar-refractivity contribution in [3.05, 3.63) is 34.8 Å². The number of rotatable bonds is 6. The average Bonchev–Trinajstić information content (AvgIpc) is 2.48. The summed E-state index contributed by atoms with van der Waals surface area (Å²) in [6.07, 6.45) is 0.901. The molecule has 3 N–H and O–H groups in total. The molecule has 0 aliphatic carbocycles. The standard InChI is InChI=1S/C15H18BrN3O2/c1-3-8-21-15-11(17)5-7-14(19-15)18-12-9-10(16)4-6-13(12)20-2/h4-7,9H,3,8,17H2,1-2H3,(H,18,19). The smallest absolute Gasteiger partial charge is 0.239 e. The normalized spacial score (nSPS) is 10.2. The summed E-state index contributed by atoms with van der Waals surface area (Å²) in [4.78, 5) is 4.38. The first-order valence-corrected chi connectivity index (χ1v) is 7.43. The molecule has 1 heterocycles. The highest BCUT2D eigenvalue weighted by atomic mass is 79.9. The molecule has 21 heavy (non-hydrogen) atoms. The summed E-state index contributed by atoms with van der Waals surface area (Å²) in [5, 5.41) is 3.21. The second kappa shape index (κ2) is 7.17. The van der Waals surface area contributed by atoms with E-state index in [0.29, 0.717) is 24.0 Å². The first kappa shape index (κ1) is 15.4. The fraction of sp³-hybridized carbons (Fsp3) is 0.267. The molecule has 5 nitrogen and oxygen atoms in total. The van der Waals surface area contributed by atoms with Gasteiger partial charge in [-0.05, 0) is 36.8 Å². The van der Waals surface area contributed by atoms with Crippen molar-refractivity contribution >= 4 is 33.1 Å². The van der Waals surface area contributed by atoms with Gasteiger partial charge >= 0.3 is 0 Å². The molecule has 0 saturated carbocycles. The number of nitrogens with two attached hydrogens (primary N) is 1. The fourth-order valence-electron chi connectivity index (χ4n) is 1.75. The van der Waals surface area contributed by atoms with Crippen molar-refractivity contribution < 1.29 is 9.47 Å². The van der Waals surface area contributed by atoms with Gasteiger partial charge in [0.2, 0.25) is 5.88 Å². The van der Waals surface area contributed by atoms with Crippen molar-refractivity contribution in [2.75, 3.05) is 24.8 Å². The van der Waals surface area contributed by atoms with Crippen molar-refractivity contribution in [3.8, 4) is 11.6 Å². The van der Waals surface area contributed by atoms with E-state index in [1.165, 1.54) is 0 Å². The van der Waals surface area contributed by atoms with Crippen molar-refractivity contribution in [1.82, 2.24) is 4.98 Å². The first-order chi connectivity index (χ1) is 10.1. The Morgan fingerprint density at radius 3 is 2.81 bits per heavy atom. The van der Waals surface area contributed by atoms with Gasteiger partial charge in [-0.25, -0.2) is 0 Å². The number of hydrogen-bond acceptors (Lipinski definition) is 5. The van der Waals surface area contributed by atoms with Crippen LogP contribution in [0.4, 0.5) is 17.2 Å².